The highest BCUT2D eigenvalue weighted by atomic mass is 16.5. The fourth-order valence-corrected chi connectivity index (χ4v) is 2.73. The summed E-state index contributed by atoms with van der Waals surface area (Å²) in [4.78, 5) is 14.3. The van der Waals surface area contributed by atoms with Crippen LogP contribution in [-0.4, -0.2) is 38.1 Å². The number of rotatable bonds is 10. The van der Waals surface area contributed by atoms with Crippen LogP contribution >= 0.6 is 0 Å². The molecular formula is C22H30N2O3. The van der Waals surface area contributed by atoms with Crippen molar-refractivity contribution < 1.29 is 14.3 Å². The van der Waals surface area contributed by atoms with Crippen molar-refractivity contribution in [1.29, 1.82) is 0 Å². The summed E-state index contributed by atoms with van der Waals surface area (Å²) in [5, 5.41) is 2.99. The summed E-state index contributed by atoms with van der Waals surface area (Å²) in [7, 11) is 3.61. The van der Waals surface area contributed by atoms with E-state index in [2.05, 4.69) is 12.2 Å². The third kappa shape index (κ3) is 6.70. The maximum atomic E-state index is 12.3. The average Bonchev–Trinajstić information content (AvgIpc) is 2.71. The van der Waals surface area contributed by atoms with Gasteiger partial charge in [-0.1, -0.05) is 36.4 Å². The molecule has 2 aromatic rings. The van der Waals surface area contributed by atoms with Crippen LogP contribution < -0.4 is 10.1 Å². The van der Waals surface area contributed by atoms with E-state index in [0.29, 0.717) is 26.3 Å². The Kier molecular flexibility index (Phi) is 8.30. The van der Waals surface area contributed by atoms with Crippen molar-refractivity contribution in [2.75, 3.05) is 27.3 Å². The first kappa shape index (κ1) is 20.9. The number of carbonyl (C=O) groups is 1. The zero-order valence-electron chi connectivity index (χ0n) is 16.7. The van der Waals surface area contributed by atoms with Crippen LogP contribution in [0.5, 0.6) is 5.75 Å². The highest BCUT2D eigenvalue weighted by Gasteiger charge is 2.15. The van der Waals surface area contributed by atoms with Gasteiger partial charge in [0.2, 0.25) is 5.91 Å². The van der Waals surface area contributed by atoms with Gasteiger partial charge < -0.3 is 14.8 Å². The summed E-state index contributed by atoms with van der Waals surface area (Å²) >= 11 is 0. The number of amides is 1. The van der Waals surface area contributed by atoms with Gasteiger partial charge in [-0.3, -0.25) is 9.69 Å². The van der Waals surface area contributed by atoms with Crippen LogP contribution in [0.15, 0.2) is 48.5 Å². The molecule has 0 fully saturated rings. The Bertz CT molecular complexity index is 699. The van der Waals surface area contributed by atoms with Gasteiger partial charge in [-0.2, -0.15) is 0 Å². The van der Waals surface area contributed by atoms with Crippen molar-refractivity contribution in [3.8, 4) is 5.75 Å². The van der Waals surface area contributed by atoms with E-state index in [1.165, 1.54) is 0 Å². The minimum atomic E-state index is 0.0104. The number of hydrogen-bond donors (Lipinski definition) is 1. The maximum Gasteiger partial charge on any atom is 0.234 e. The summed E-state index contributed by atoms with van der Waals surface area (Å²) in [6.45, 7) is 6.27. The molecule has 0 aliphatic carbocycles. The van der Waals surface area contributed by atoms with Crippen LogP contribution in [0, 0.1) is 0 Å². The predicted molar refractivity (Wildman–Crippen MR) is 108 cm³/mol. The molecule has 5 heteroatoms. The summed E-state index contributed by atoms with van der Waals surface area (Å²) < 4.78 is 10.6. The number of nitrogens with zero attached hydrogens (tertiary/aromatic N) is 1. The maximum absolute atomic E-state index is 12.3. The second-order valence-electron chi connectivity index (χ2n) is 6.59. The Morgan fingerprint density at radius 1 is 1.07 bits per heavy atom. The topological polar surface area (TPSA) is 50.8 Å². The third-order valence-corrected chi connectivity index (χ3v) is 4.64. The Labute approximate surface area is 162 Å². The zero-order valence-corrected chi connectivity index (χ0v) is 16.7. The van der Waals surface area contributed by atoms with E-state index in [1.54, 1.807) is 7.11 Å². The fourth-order valence-electron chi connectivity index (χ4n) is 2.73. The first-order chi connectivity index (χ1) is 13.0. The first-order valence-electron chi connectivity index (χ1n) is 9.30. The van der Waals surface area contributed by atoms with Crippen LogP contribution in [0.25, 0.3) is 0 Å². The van der Waals surface area contributed by atoms with Crippen molar-refractivity contribution >= 4 is 5.91 Å². The molecule has 0 bridgehead atoms. The largest absolute Gasteiger partial charge is 0.497 e. The van der Waals surface area contributed by atoms with E-state index in [9.17, 15) is 4.79 Å². The number of methoxy groups -OCH3 is 1. The van der Waals surface area contributed by atoms with Gasteiger partial charge in [-0.25, -0.2) is 0 Å². The minimum Gasteiger partial charge on any atom is -0.497 e. The van der Waals surface area contributed by atoms with E-state index in [1.807, 2.05) is 67.4 Å². The molecule has 0 saturated carbocycles. The minimum absolute atomic E-state index is 0.0104. The van der Waals surface area contributed by atoms with Crippen LogP contribution in [0.3, 0.4) is 0 Å². The summed E-state index contributed by atoms with van der Waals surface area (Å²) in [5.74, 6) is 0.842. The molecule has 0 aliphatic heterocycles. The van der Waals surface area contributed by atoms with Crippen LogP contribution in [0.2, 0.25) is 0 Å². The molecule has 1 atom stereocenters. The average molecular weight is 370 g/mol. The van der Waals surface area contributed by atoms with Crippen molar-refractivity contribution in [3.63, 3.8) is 0 Å². The molecule has 2 aromatic carbocycles. The number of nitrogens with one attached hydrogen (secondary N) is 1. The molecule has 146 valence electrons. The van der Waals surface area contributed by atoms with Crippen LogP contribution in [-0.2, 0) is 22.7 Å². The fraction of sp³-hybridized carbons (Fsp3) is 0.409. The molecule has 0 radical (unpaired) electrons. The summed E-state index contributed by atoms with van der Waals surface area (Å²) in [6, 6.07) is 16.2. The monoisotopic (exact) mass is 370 g/mol. The second kappa shape index (κ2) is 10.7. The number of carbonyl (C=O) groups excluding carboxylic acids is 1. The first-order valence-corrected chi connectivity index (χ1v) is 9.30. The van der Waals surface area contributed by atoms with Gasteiger partial charge in [0, 0.05) is 19.2 Å². The summed E-state index contributed by atoms with van der Waals surface area (Å²) in [5.41, 5.74) is 3.37. The molecule has 1 amide bonds. The van der Waals surface area contributed by atoms with E-state index < -0.39 is 0 Å². The van der Waals surface area contributed by atoms with Gasteiger partial charge in [-0.05, 0) is 49.7 Å². The van der Waals surface area contributed by atoms with Crippen molar-refractivity contribution in [2.24, 2.45) is 0 Å². The lowest BCUT2D eigenvalue weighted by Gasteiger charge is -2.24. The Morgan fingerprint density at radius 2 is 1.70 bits per heavy atom. The number of likely N-dealkylation sites (N-methyl/N-ethyl adjacent to an activating group) is 1. The molecule has 0 heterocycles. The Morgan fingerprint density at radius 3 is 2.30 bits per heavy atom. The highest BCUT2D eigenvalue weighted by molar-refractivity contribution is 5.78. The smallest absolute Gasteiger partial charge is 0.234 e. The lowest BCUT2D eigenvalue weighted by Crippen LogP contribution is -2.36. The van der Waals surface area contributed by atoms with E-state index in [-0.39, 0.29) is 11.9 Å². The van der Waals surface area contributed by atoms with Crippen LogP contribution in [0.1, 0.15) is 36.6 Å². The Balaban J connectivity index is 1.80. The zero-order chi connectivity index (χ0) is 19.6. The van der Waals surface area contributed by atoms with Gasteiger partial charge in [-0.15, -0.1) is 0 Å². The number of benzene rings is 2. The lowest BCUT2D eigenvalue weighted by molar-refractivity contribution is -0.122. The van der Waals surface area contributed by atoms with Crippen LogP contribution in [0.4, 0.5) is 0 Å². The van der Waals surface area contributed by atoms with Gasteiger partial charge in [0.15, 0.2) is 0 Å². The van der Waals surface area contributed by atoms with Gasteiger partial charge in [0.25, 0.3) is 0 Å². The molecule has 2 rings (SSSR count). The SMILES string of the molecule is CCOCc1ccc(CNC(=O)CN(C)C(C)c2ccc(OC)cc2)cc1. The van der Waals surface area contributed by atoms with Gasteiger partial charge in [0.05, 0.1) is 20.3 Å². The number of ether oxygens (including phenoxy) is 2. The molecule has 1 N–H and O–H groups in total. The summed E-state index contributed by atoms with van der Waals surface area (Å²) in [6.07, 6.45) is 0. The third-order valence-electron chi connectivity index (χ3n) is 4.64. The number of hydrogen-bond acceptors (Lipinski definition) is 4. The van der Waals surface area contributed by atoms with Crippen molar-refractivity contribution in [2.45, 2.75) is 33.0 Å². The standard InChI is InChI=1S/C22H30N2O3/c1-5-27-16-19-8-6-18(7-9-19)14-23-22(25)15-24(3)17(2)20-10-12-21(26-4)13-11-20/h6-13,17H,5,14-16H2,1-4H3,(H,23,25). The molecule has 0 aliphatic rings. The molecule has 5 nitrogen and oxygen atoms in total. The van der Waals surface area contributed by atoms with Crippen molar-refractivity contribution in [1.82, 2.24) is 10.2 Å². The molecule has 1 unspecified atom stereocenters. The molecular weight excluding hydrogens is 340 g/mol. The van der Waals surface area contributed by atoms with Gasteiger partial charge in [0.1, 0.15) is 5.75 Å². The van der Waals surface area contributed by atoms with Gasteiger partial charge >= 0.3 is 0 Å². The molecule has 0 spiro atoms. The predicted octanol–water partition coefficient (Wildman–Crippen LogP) is 3.54. The van der Waals surface area contributed by atoms with E-state index in [4.69, 9.17) is 9.47 Å². The van der Waals surface area contributed by atoms with E-state index in [0.717, 1.165) is 22.4 Å². The van der Waals surface area contributed by atoms with Crippen molar-refractivity contribution in [3.05, 3.63) is 65.2 Å². The second-order valence-corrected chi connectivity index (χ2v) is 6.59. The molecule has 0 saturated heterocycles. The Hall–Kier alpha value is -2.37. The van der Waals surface area contributed by atoms with E-state index >= 15 is 0 Å². The normalized spacial score (nSPS) is 12.0. The highest BCUT2D eigenvalue weighted by Crippen LogP contribution is 2.21. The quantitative estimate of drug-likeness (QED) is 0.695. The molecule has 0 aromatic heterocycles. The molecule has 27 heavy (non-hydrogen) atoms. The lowest BCUT2D eigenvalue weighted by atomic mass is 10.1.